The number of aliphatic carboxylic acids is 1. The zero-order valence-corrected chi connectivity index (χ0v) is 13.5. The molecule has 0 atom stereocenters. The first-order valence-electron chi connectivity index (χ1n) is 6.58. The topological polar surface area (TPSA) is 63.1 Å². The van der Waals surface area contributed by atoms with Crippen LogP contribution in [0.25, 0.3) is 10.2 Å². The number of carboxylic acid groups (broad SMARTS) is 1. The first-order valence-corrected chi connectivity index (χ1v) is 8.38. The Balaban J connectivity index is 2.11. The number of thioether (sulfide) groups is 1. The van der Waals surface area contributed by atoms with Crippen molar-refractivity contribution in [2.24, 2.45) is 0 Å². The Hall–Kier alpha value is -1.14. The number of thiophene rings is 1. The van der Waals surface area contributed by atoms with E-state index in [1.54, 1.807) is 23.1 Å². The van der Waals surface area contributed by atoms with Gasteiger partial charge in [-0.05, 0) is 44.9 Å². The molecule has 0 saturated carbocycles. The lowest BCUT2D eigenvalue weighted by Crippen LogP contribution is -1.95. The van der Waals surface area contributed by atoms with Crippen LogP contribution in [0.4, 0.5) is 0 Å². The average molecular weight is 310 g/mol. The number of rotatable bonds is 6. The van der Waals surface area contributed by atoms with Crippen LogP contribution in [0.5, 0.6) is 0 Å². The maximum atomic E-state index is 10.5. The van der Waals surface area contributed by atoms with Crippen LogP contribution in [0.3, 0.4) is 0 Å². The van der Waals surface area contributed by atoms with Gasteiger partial charge in [-0.3, -0.25) is 4.79 Å². The number of nitrogens with zero attached hydrogens (tertiary/aromatic N) is 2. The summed E-state index contributed by atoms with van der Waals surface area (Å²) in [4.78, 5) is 21.9. The van der Waals surface area contributed by atoms with Crippen LogP contribution < -0.4 is 0 Å². The van der Waals surface area contributed by atoms with Crippen molar-refractivity contribution < 1.29 is 9.90 Å². The molecule has 0 aliphatic rings. The van der Waals surface area contributed by atoms with Gasteiger partial charge in [0.25, 0.3) is 0 Å². The van der Waals surface area contributed by atoms with Crippen molar-refractivity contribution in [1.82, 2.24) is 9.97 Å². The van der Waals surface area contributed by atoms with Crippen molar-refractivity contribution in [3.8, 4) is 0 Å². The van der Waals surface area contributed by atoms with E-state index in [9.17, 15) is 4.79 Å². The number of carboxylic acids is 1. The van der Waals surface area contributed by atoms with Crippen molar-refractivity contribution in [3.05, 3.63) is 16.3 Å². The summed E-state index contributed by atoms with van der Waals surface area (Å²) in [5.41, 5.74) is 1.26. The number of fused-ring (bicyclic) bond motifs is 1. The Morgan fingerprint density at radius 2 is 2.00 bits per heavy atom. The minimum Gasteiger partial charge on any atom is -0.481 e. The molecule has 2 aromatic rings. The molecule has 6 heteroatoms. The van der Waals surface area contributed by atoms with Gasteiger partial charge in [-0.25, -0.2) is 9.97 Å². The zero-order valence-electron chi connectivity index (χ0n) is 11.9. The highest BCUT2D eigenvalue weighted by molar-refractivity contribution is 7.99. The van der Waals surface area contributed by atoms with Crippen molar-refractivity contribution in [3.63, 3.8) is 0 Å². The predicted octanol–water partition coefficient (Wildman–Crippen LogP) is 3.96. The van der Waals surface area contributed by atoms with Crippen LogP contribution >= 0.6 is 23.1 Å². The van der Waals surface area contributed by atoms with E-state index in [-0.39, 0.29) is 6.42 Å². The number of carbonyl (C=O) groups is 1. The molecule has 4 nitrogen and oxygen atoms in total. The van der Waals surface area contributed by atoms with Crippen molar-refractivity contribution in [2.75, 3.05) is 5.75 Å². The molecular formula is C14H18N2O2S2. The number of aryl methyl sites for hydroxylation is 3. The summed E-state index contributed by atoms with van der Waals surface area (Å²) in [6.07, 6.45) is 1.86. The number of hydrogen-bond donors (Lipinski definition) is 1. The van der Waals surface area contributed by atoms with E-state index >= 15 is 0 Å². The lowest BCUT2D eigenvalue weighted by atomic mass is 10.2. The van der Waals surface area contributed by atoms with E-state index < -0.39 is 5.97 Å². The predicted molar refractivity (Wildman–Crippen MR) is 83.8 cm³/mol. The molecule has 0 amide bonds. The highest BCUT2D eigenvalue weighted by Crippen LogP contribution is 2.35. The lowest BCUT2D eigenvalue weighted by Gasteiger charge is -2.04. The first-order chi connectivity index (χ1) is 9.49. The van der Waals surface area contributed by atoms with Crippen LogP contribution in [-0.4, -0.2) is 26.8 Å². The summed E-state index contributed by atoms with van der Waals surface area (Å²) in [7, 11) is 0. The summed E-state index contributed by atoms with van der Waals surface area (Å²) in [6, 6.07) is 0. The fourth-order valence-corrected chi connectivity index (χ4v) is 4.24. The van der Waals surface area contributed by atoms with Gasteiger partial charge in [-0.15, -0.1) is 23.1 Å². The second-order valence-corrected chi connectivity index (χ2v) is 7.03. The minimum atomic E-state index is -0.723. The van der Waals surface area contributed by atoms with E-state index in [1.165, 1.54) is 15.8 Å². The van der Waals surface area contributed by atoms with Gasteiger partial charge < -0.3 is 5.11 Å². The van der Waals surface area contributed by atoms with E-state index in [2.05, 4.69) is 23.8 Å². The SMILES string of the molecule is Cc1nc(SCCCCC(=O)O)c2c(C)c(C)sc2n1. The number of hydrogen-bond acceptors (Lipinski definition) is 5. The maximum absolute atomic E-state index is 10.5. The highest BCUT2D eigenvalue weighted by atomic mass is 32.2. The molecule has 0 aromatic carbocycles. The van der Waals surface area contributed by atoms with Gasteiger partial charge in [0.1, 0.15) is 15.7 Å². The Morgan fingerprint density at radius 3 is 2.70 bits per heavy atom. The van der Waals surface area contributed by atoms with Gasteiger partial charge in [-0.1, -0.05) is 0 Å². The Bertz CT molecular complexity index is 638. The third-order valence-electron chi connectivity index (χ3n) is 3.13. The first kappa shape index (κ1) is 15.3. The smallest absolute Gasteiger partial charge is 0.303 e. The molecule has 1 N–H and O–H groups in total. The summed E-state index contributed by atoms with van der Waals surface area (Å²) in [5.74, 6) is 0.971. The molecule has 0 saturated heterocycles. The fourth-order valence-electron chi connectivity index (χ4n) is 1.97. The lowest BCUT2D eigenvalue weighted by molar-refractivity contribution is -0.137. The molecule has 0 aliphatic heterocycles. The molecule has 108 valence electrons. The largest absolute Gasteiger partial charge is 0.481 e. The molecule has 2 heterocycles. The fraction of sp³-hybridized carbons (Fsp3) is 0.500. The van der Waals surface area contributed by atoms with Crippen molar-refractivity contribution in [2.45, 2.75) is 45.1 Å². The molecule has 2 rings (SSSR count). The second-order valence-electron chi connectivity index (χ2n) is 4.74. The molecule has 0 fully saturated rings. The summed E-state index contributed by atoms with van der Waals surface area (Å²) in [6.45, 7) is 6.14. The molecule has 0 bridgehead atoms. The zero-order chi connectivity index (χ0) is 14.7. The molecular weight excluding hydrogens is 292 g/mol. The molecule has 0 radical (unpaired) electrons. The Kier molecular flexibility index (Phi) is 4.99. The van der Waals surface area contributed by atoms with E-state index in [1.807, 2.05) is 6.92 Å². The van der Waals surface area contributed by atoms with Crippen molar-refractivity contribution in [1.29, 1.82) is 0 Å². The Morgan fingerprint density at radius 1 is 1.25 bits per heavy atom. The van der Waals surface area contributed by atoms with E-state index in [4.69, 9.17) is 5.11 Å². The minimum absolute atomic E-state index is 0.245. The number of aromatic nitrogens is 2. The second kappa shape index (κ2) is 6.54. The van der Waals surface area contributed by atoms with Crippen LogP contribution in [0, 0.1) is 20.8 Å². The third kappa shape index (κ3) is 3.49. The molecule has 0 unspecified atom stereocenters. The van der Waals surface area contributed by atoms with Crippen molar-refractivity contribution >= 4 is 39.3 Å². The summed E-state index contributed by atoms with van der Waals surface area (Å²) >= 11 is 3.42. The quantitative estimate of drug-likeness (QED) is 0.497. The van der Waals surface area contributed by atoms with Crippen LogP contribution in [-0.2, 0) is 4.79 Å². The van der Waals surface area contributed by atoms with E-state index in [0.29, 0.717) is 0 Å². The van der Waals surface area contributed by atoms with Gasteiger partial charge >= 0.3 is 5.97 Å². The normalized spacial score (nSPS) is 11.2. The third-order valence-corrected chi connectivity index (χ3v) is 5.29. The van der Waals surface area contributed by atoms with Gasteiger partial charge in [0.05, 0.1) is 0 Å². The summed E-state index contributed by atoms with van der Waals surface area (Å²) < 4.78 is 0. The molecule has 2 aromatic heterocycles. The molecule has 0 spiro atoms. The monoisotopic (exact) mass is 310 g/mol. The standard InChI is InChI=1S/C14H18N2O2S2/c1-8-9(2)20-14-12(8)13(15-10(3)16-14)19-7-5-4-6-11(17)18/h4-7H2,1-3H3,(H,17,18). The van der Waals surface area contributed by atoms with Crippen LogP contribution in [0.1, 0.15) is 35.5 Å². The Labute approximate surface area is 126 Å². The van der Waals surface area contributed by atoms with Gasteiger partial charge in [0, 0.05) is 16.7 Å². The van der Waals surface area contributed by atoms with Gasteiger partial charge in [-0.2, -0.15) is 0 Å². The van der Waals surface area contributed by atoms with Gasteiger partial charge in [0.2, 0.25) is 0 Å². The molecule has 20 heavy (non-hydrogen) atoms. The molecule has 0 aliphatic carbocycles. The van der Waals surface area contributed by atoms with Crippen LogP contribution in [0.2, 0.25) is 0 Å². The van der Waals surface area contributed by atoms with Crippen LogP contribution in [0.15, 0.2) is 5.03 Å². The highest BCUT2D eigenvalue weighted by Gasteiger charge is 2.13. The summed E-state index contributed by atoms with van der Waals surface area (Å²) in [5, 5.41) is 10.8. The van der Waals surface area contributed by atoms with Gasteiger partial charge in [0.15, 0.2) is 0 Å². The number of unbranched alkanes of at least 4 members (excludes halogenated alkanes) is 1. The average Bonchev–Trinajstić information content (AvgIpc) is 2.63. The maximum Gasteiger partial charge on any atom is 0.303 e. The van der Waals surface area contributed by atoms with E-state index in [0.717, 1.165) is 34.3 Å².